The molecule has 0 aliphatic carbocycles. The standard InChI is InChI=1S/C14H11Br2FO/c15-12-6-2-1-4-10(12)8-18-9-11-5-3-7-13(17)14(11)16/h1-7H,8-9H2. The fraction of sp³-hybridized carbons (Fsp3) is 0.143. The van der Waals surface area contributed by atoms with E-state index in [0.29, 0.717) is 17.7 Å². The summed E-state index contributed by atoms with van der Waals surface area (Å²) >= 11 is 6.68. The molecule has 18 heavy (non-hydrogen) atoms. The molecular formula is C14H11Br2FO. The summed E-state index contributed by atoms with van der Waals surface area (Å²) in [6.45, 7) is 0.865. The van der Waals surface area contributed by atoms with Crippen molar-refractivity contribution in [1.82, 2.24) is 0 Å². The van der Waals surface area contributed by atoms with Gasteiger partial charge in [-0.2, -0.15) is 0 Å². The van der Waals surface area contributed by atoms with Crippen molar-refractivity contribution in [3.63, 3.8) is 0 Å². The van der Waals surface area contributed by atoms with Crippen LogP contribution < -0.4 is 0 Å². The van der Waals surface area contributed by atoms with Crippen molar-refractivity contribution < 1.29 is 9.13 Å². The van der Waals surface area contributed by atoms with E-state index in [2.05, 4.69) is 31.9 Å². The van der Waals surface area contributed by atoms with Crippen molar-refractivity contribution in [2.45, 2.75) is 13.2 Å². The Balaban J connectivity index is 1.97. The van der Waals surface area contributed by atoms with Crippen LogP contribution in [0.15, 0.2) is 51.4 Å². The Labute approximate surface area is 122 Å². The van der Waals surface area contributed by atoms with Crippen LogP contribution in [0.25, 0.3) is 0 Å². The second-order valence-corrected chi connectivity index (χ2v) is 5.44. The Morgan fingerprint density at radius 3 is 2.33 bits per heavy atom. The number of rotatable bonds is 4. The van der Waals surface area contributed by atoms with Crippen LogP contribution in [0, 0.1) is 5.82 Å². The summed E-state index contributed by atoms with van der Waals surface area (Å²) in [5.74, 6) is -0.267. The Morgan fingerprint density at radius 2 is 1.56 bits per heavy atom. The van der Waals surface area contributed by atoms with Crippen LogP contribution in [-0.2, 0) is 18.0 Å². The summed E-state index contributed by atoms with van der Waals surface area (Å²) in [5.41, 5.74) is 1.88. The van der Waals surface area contributed by atoms with Gasteiger partial charge < -0.3 is 4.74 Å². The molecule has 0 aliphatic rings. The average molecular weight is 374 g/mol. The molecule has 0 amide bonds. The van der Waals surface area contributed by atoms with Gasteiger partial charge in [-0.25, -0.2) is 4.39 Å². The molecule has 0 bridgehead atoms. The number of halogens is 3. The van der Waals surface area contributed by atoms with Gasteiger partial charge in [-0.1, -0.05) is 46.3 Å². The minimum Gasteiger partial charge on any atom is -0.372 e. The lowest BCUT2D eigenvalue weighted by molar-refractivity contribution is 0.106. The average Bonchev–Trinajstić information content (AvgIpc) is 2.37. The molecule has 0 fully saturated rings. The zero-order valence-electron chi connectivity index (χ0n) is 9.50. The largest absolute Gasteiger partial charge is 0.372 e. The minimum atomic E-state index is -0.267. The summed E-state index contributed by atoms with van der Waals surface area (Å²) in [4.78, 5) is 0. The highest BCUT2D eigenvalue weighted by atomic mass is 79.9. The van der Waals surface area contributed by atoms with Crippen LogP contribution in [0.3, 0.4) is 0 Å². The van der Waals surface area contributed by atoms with Crippen molar-refractivity contribution in [3.8, 4) is 0 Å². The Hall–Kier alpha value is -0.710. The monoisotopic (exact) mass is 372 g/mol. The fourth-order valence-corrected chi connectivity index (χ4v) is 2.32. The van der Waals surface area contributed by atoms with E-state index in [1.165, 1.54) is 6.07 Å². The number of benzene rings is 2. The third-order valence-electron chi connectivity index (χ3n) is 2.50. The predicted molar refractivity (Wildman–Crippen MR) is 76.7 cm³/mol. The number of ether oxygens (including phenoxy) is 1. The van der Waals surface area contributed by atoms with Gasteiger partial charge in [0.05, 0.1) is 17.7 Å². The maximum Gasteiger partial charge on any atom is 0.137 e. The predicted octanol–water partition coefficient (Wildman–Crippen LogP) is 5.07. The van der Waals surface area contributed by atoms with Gasteiger partial charge in [0.1, 0.15) is 5.82 Å². The molecule has 0 aromatic heterocycles. The second-order valence-electron chi connectivity index (χ2n) is 3.80. The molecule has 0 heterocycles. The van der Waals surface area contributed by atoms with Crippen molar-refractivity contribution in [3.05, 3.63) is 68.4 Å². The van der Waals surface area contributed by atoms with Crippen LogP contribution in [-0.4, -0.2) is 0 Å². The van der Waals surface area contributed by atoms with E-state index in [9.17, 15) is 4.39 Å². The first-order valence-corrected chi connectivity index (χ1v) is 7.01. The highest BCUT2D eigenvalue weighted by Crippen LogP contribution is 2.22. The van der Waals surface area contributed by atoms with Gasteiger partial charge in [0.2, 0.25) is 0 Å². The van der Waals surface area contributed by atoms with Gasteiger partial charge in [0, 0.05) is 4.47 Å². The van der Waals surface area contributed by atoms with E-state index in [1.807, 2.05) is 30.3 Å². The lowest BCUT2D eigenvalue weighted by Gasteiger charge is -2.08. The molecule has 0 spiro atoms. The first-order chi connectivity index (χ1) is 8.68. The van der Waals surface area contributed by atoms with Crippen LogP contribution >= 0.6 is 31.9 Å². The SMILES string of the molecule is Fc1cccc(COCc2ccccc2Br)c1Br. The zero-order chi connectivity index (χ0) is 13.0. The molecule has 0 atom stereocenters. The lowest BCUT2D eigenvalue weighted by atomic mass is 10.2. The van der Waals surface area contributed by atoms with Crippen molar-refractivity contribution in [1.29, 1.82) is 0 Å². The van der Waals surface area contributed by atoms with Gasteiger partial charge in [-0.05, 0) is 39.2 Å². The molecular weight excluding hydrogens is 363 g/mol. The van der Waals surface area contributed by atoms with Crippen LogP contribution in [0.4, 0.5) is 4.39 Å². The third kappa shape index (κ3) is 3.40. The van der Waals surface area contributed by atoms with Crippen molar-refractivity contribution in [2.75, 3.05) is 0 Å². The van der Waals surface area contributed by atoms with E-state index < -0.39 is 0 Å². The van der Waals surface area contributed by atoms with Gasteiger partial charge >= 0.3 is 0 Å². The Morgan fingerprint density at radius 1 is 0.889 bits per heavy atom. The number of hydrogen-bond donors (Lipinski definition) is 0. The molecule has 0 saturated carbocycles. The third-order valence-corrected chi connectivity index (χ3v) is 4.17. The molecule has 2 rings (SSSR count). The molecule has 2 aromatic rings. The normalized spacial score (nSPS) is 10.6. The fourth-order valence-electron chi connectivity index (χ4n) is 1.55. The molecule has 2 aromatic carbocycles. The molecule has 0 radical (unpaired) electrons. The number of hydrogen-bond acceptors (Lipinski definition) is 1. The highest BCUT2D eigenvalue weighted by Gasteiger charge is 2.05. The molecule has 1 nitrogen and oxygen atoms in total. The van der Waals surface area contributed by atoms with Gasteiger partial charge in [0.25, 0.3) is 0 Å². The molecule has 0 aliphatic heterocycles. The molecule has 0 N–H and O–H groups in total. The Bertz CT molecular complexity index is 543. The summed E-state index contributed by atoms with van der Waals surface area (Å²) in [6.07, 6.45) is 0. The smallest absolute Gasteiger partial charge is 0.137 e. The summed E-state index contributed by atoms with van der Waals surface area (Å²) in [6, 6.07) is 12.8. The van der Waals surface area contributed by atoms with Crippen LogP contribution in [0.5, 0.6) is 0 Å². The summed E-state index contributed by atoms with van der Waals surface area (Å²) < 4.78 is 20.4. The maximum absolute atomic E-state index is 13.3. The highest BCUT2D eigenvalue weighted by molar-refractivity contribution is 9.10. The lowest BCUT2D eigenvalue weighted by Crippen LogP contribution is -1.96. The van der Waals surface area contributed by atoms with Crippen molar-refractivity contribution >= 4 is 31.9 Å². The molecule has 0 saturated heterocycles. The van der Waals surface area contributed by atoms with E-state index in [1.54, 1.807) is 6.07 Å². The zero-order valence-corrected chi connectivity index (χ0v) is 12.7. The Kier molecular flexibility index (Phi) is 4.92. The maximum atomic E-state index is 13.3. The van der Waals surface area contributed by atoms with E-state index >= 15 is 0 Å². The molecule has 4 heteroatoms. The van der Waals surface area contributed by atoms with Gasteiger partial charge in [-0.15, -0.1) is 0 Å². The van der Waals surface area contributed by atoms with Crippen molar-refractivity contribution in [2.24, 2.45) is 0 Å². The van der Waals surface area contributed by atoms with E-state index in [0.717, 1.165) is 15.6 Å². The quantitative estimate of drug-likeness (QED) is 0.727. The van der Waals surface area contributed by atoms with Gasteiger partial charge in [-0.3, -0.25) is 0 Å². The minimum absolute atomic E-state index is 0.267. The van der Waals surface area contributed by atoms with E-state index in [4.69, 9.17) is 4.74 Å². The van der Waals surface area contributed by atoms with Crippen LogP contribution in [0.2, 0.25) is 0 Å². The molecule has 0 unspecified atom stereocenters. The van der Waals surface area contributed by atoms with Gasteiger partial charge in [0.15, 0.2) is 0 Å². The first kappa shape index (κ1) is 13.7. The van der Waals surface area contributed by atoms with Crippen LogP contribution in [0.1, 0.15) is 11.1 Å². The second kappa shape index (κ2) is 6.45. The summed E-state index contributed by atoms with van der Waals surface area (Å²) in [5, 5.41) is 0. The summed E-state index contributed by atoms with van der Waals surface area (Å²) in [7, 11) is 0. The first-order valence-electron chi connectivity index (χ1n) is 5.42. The van der Waals surface area contributed by atoms with E-state index in [-0.39, 0.29) is 5.82 Å². The molecule has 94 valence electrons. The topological polar surface area (TPSA) is 9.23 Å².